The summed E-state index contributed by atoms with van der Waals surface area (Å²) >= 11 is 0. The zero-order chi connectivity index (χ0) is 18.0. The van der Waals surface area contributed by atoms with Gasteiger partial charge in [0.15, 0.2) is 0 Å². The van der Waals surface area contributed by atoms with Crippen molar-refractivity contribution >= 4 is 32.5 Å². The van der Waals surface area contributed by atoms with Crippen molar-refractivity contribution < 1.29 is 23.1 Å². The highest BCUT2D eigenvalue weighted by molar-refractivity contribution is 7.92. The third-order valence-corrected chi connectivity index (χ3v) is 5.12. The number of rotatable bonds is 5. The van der Waals surface area contributed by atoms with Crippen molar-refractivity contribution in [2.24, 2.45) is 0 Å². The van der Waals surface area contributed by atoms with Gasteiger partial charge in [-0.05, 0) is 35.0 Å². The second kappa shape index (κ2) is 6.45. The van der Waals surface area contributed by atoms with Crippen LogP contribution < -0.4 is 9.46 Å². The lowest BCUT2D eigenvalue weighted by Crippen LogP contribution is -2.16. The van der Waals surface area contributed by atoms with Crippen molar-refractivity contribution in [3.8, 4) is 5.75 Å². The number of fused-ring (bicyclic) bond motifs is 1. The number of carboxylic acids is 1. The van der Waals surface area contributed by atoms with E-state index in [-0.39, 0.29) is 21.9 Å². The summed E-state index contributed by atoms with van der Waals surface area (Å²) in [6.07, 6.45) is 0. The van der Waals surface area contributed by atoms with Gasteiger partial charge in [-0.15, -0.1) is 0 Å². The average Bonchev–Trinajstić information content (AvgIpc) is 2.60. The molecule has 0 aliphatic carbocycles. The number of nitrogens with one attached hydrogen (secondary N) is 1. The topological polar surface area (TPSA) is 92.7 Å². The third-order valence-electron chi connectivity index (χ3n) is 3.72. The first-order chi connectivity index (χ1) is 11.9. The Labute approximate surface area is 144 Å². The molecule has 0 radical (unpaired) electrons. The molecule has 0 bridgehead atoms. The molecule has 0 heterocycles. The molecule has 0 atom stereocenters. The van der Waals surface area contributed by atoms with Gasteiger partial charge in [-0.1, -0.05) is 36.4 Å². The van der Waals surface area contributed by atoms with Crippen LogP contribution in [0.15, 0.2) is 65.6 Å². The first kappa shape index (κ1) is 16.8. The predicted molar refractivity (Wildman–Crippen MR) is 94.7 cm³/mol. The van der Waals surface area contributed by atoms with Gasteiger partial charge in [0.05, 0.1) is 18.4 Å². The number of aromatic carboxylic acids is 1. The monoisotopic (exact) mass is 357 g/mol. The number of anilines is 1. The molecule has 3 aromatic carbocycles. The van der Waals surface area contributed by atoms with Crippen LogP contribution in [0.25, 0.3) is 10.8 Å². The molecule has 0 aliphatic heterocycles. The summed E-state index contributed by atoms with van der Waals surface area (Å²) in [5.74, 6) is -1.05. The minimum absolute atomic E-state index is 0.00268. The average molecular weight is 357 g/mol. The molecule has 3 aromatic rings. The maximum absolute atomic E-state index is 12.7. The van der Waals surface area contributed by atoms with Gasteiger partial charge in [-0.2, -0.15) is 0 Å². The van der Waals surface area contributed by atoms with Crippen LogP contribution in [0.1, 0.15) is 10.4 Å². The van der Waals surface area contributed by atoms with E-state index in [2.05, 4.69) is 4.72 Å². The van der Waals surface area contributed by atoms with Gasteiger partial charge in [0.25, 0.3) is 10.0 Å². The lowest BCUT2D eigenvalue weighted by molar-refractivity contribution is 0.0698. The van der Waals surface area contributed by atoms with E-state index in [0.717, 1.165) is 5.39 Å². The fraction of sp³-hybridized carbons (Fsp3) is 0.0556. The Bertz CT molecular complexity index is 1060. The van der Waals surface area contributed by atoms with E-state index in [9.17, 15) is 18.3 Å². The molecule has 7 heteroatoms. The van der Waals surface area contributed by atoms with Crippen molar-refractivity contribution in [1.29, 1.82) is 0 Å². The van der Waals surface area contributed by atoms with Gasteiger partial charge in [0.2, 0.25) is 0 Å². The van der Waals surface area contributed by atoms with Crippen LogP contribution in [0.5, 0.6) is 5.75 Å². The molecular weight excluding hydrogens is 342 g/mol. The van der Waals surface area contributed by atoms with Gasteiger partial charge in [-0.3, -0.25) is 4.72 Å². The summed E-state index contributed by atoms with van der Waals surface area (Å²) in [6, 6.07) is 16.2. The van der Waals surface area contributed by atoms with E-state index < -0.39 is 16.0 Å². The Hall–Kier alpha value is -3.06. The Morgan fingerprint density at radius 2 is 1.60 bits per heavy atom. The lowest BCUT2D eigenvalue weighted by atomic mass is 10.1. The molecule has 2 N–H and O–H groups in total. The van der Waals surface area contributed by atoms with E-state index in [0.29, 0.717) is 5.39 Å². The van der Waals surface area contributed by atoms with Gasteiger partial charge in [0.1, 0.15) is 10.6 Å². The minimum atomic E-state index is -4.02. The maximum Gasteiger partial charge on any atom is 0.337 e. The Morgan fingerprint density at radius 1 is 1.00 bits per heavy atom. The number of sulfonamides is 1. The Balaban J connectivity index is 2.13. The molecule has 0 amide bonds. The molecule has 0 fully saturated rings. The number of ether oxygens (including phenoxy) is 1. The Kier molecular flexibility index (Phi) is 4.33. The first-order valence-electron chi connectivity index (χ1n) is 7.34. The van der Waals surface area contributed by atoms with Gasteiger partial charge in [0, 0.05) is 0 Å². The van der Waals surface area contributed by atoms with E-state index in [1.54, 1.807) is 36.4 Å². The number of benzene rings is 3. The highest BCUT2D eigenvalue weighted by Gasteiger charge is 2.22. The van der Waals surface area contributed by atoms with Crippen molar-refractivity contribution in [2.45, 2.75) is 4.90 Å². The normalized spacial score (nSPS) is 11.2. The van der Waals surface area contributed by atoms with Crippen LogP contribution in [-0.2, 0) is 10.0 Å². The summed E-state index contributed by atoms with van der Waals surface area (Å²) in [5, 5.41) is 10.9. The van der Waals surface area contributed by atoms with Crippen LogP contribution >= 0.6 is 0 Å². The zero-order valence-corrected chi connectivity index (χ0v) is 14.1. The smallest absolute Gasteiger partial charge is 0.337 e. The molecule has 0 unspecified atom stereocenters. The second-order valence-electron chi connectivity index (χ2n) is 5.31. The number of carbonyl (C=O) groups is 1. The molecule has 128 valence electrons. The molecule has 0 saturated heterocycles. The fourth-order valence-corrected chi connectivity index (χ4v) is 3.78. The number of hydrogen-bond donors (Lipinski definition) is 2. The highest BCUT2D eigenvalue weighted by Crippen LogP contribution is 2.29. The molecular formula is C18H15NO5S. The van der Waals surface area contributed by atoms with E-state index >= 15 is 0 Å². The van der Waals surface area contributed by atoms with Crippen LogP contribution in [-0.4, -0.2) is 26.6 Å². The van der Waals surface area contributed by atoms with Crippen LogP contribution in [0.3, 0.4) is 0 Å². The molecule has 0 aromatic heterocycles. The summed E-state index contributed by atoms with van der Waals surface area (Å²) in [7, 11) is -2.65. The molecule has 6 nitrogen and oxygen atoms in total. The van der Waals surface area contributed by atoms with E-state index in [1.165, 1.54) is 31.4 Å². The number of para-hydroxylation sites is 1. The molecule has 3 rings (SSSR count). The summed E-state index contributed by atoms with van der Waals surface area (Å²) in [6.45, 7) is 0. The maximum atomic E-state index is 12.7. The molecule has 0 aliphatic rings. The van der Waals surface area contributed by atoms with Crippen molar-refractivity contribution in [3.05, 3.63) is 66.2 Å². The SMILES string of the molecule is COc1ccccc1S(=O)(=O)Nc1cc2ccccc2cc1C(=O)O. The van der Waals surface area contributed by atoms with Crippen LogP contribution in [0.4, 0.5) is 5.69 Å². The Morgan fingerprint density at radius 3 is 2.24 bits per heavy atom. The summed E-state index contributed by atoms with van der Waals surface area (Å²) < 4.78 is 32.9. The van der Waals surface area contributed by atoms with Crippen molar-refractivity contribution in [3.63, 3.8) is 0 Å². The van der Waals surface area contributed by atoms with Crippen LogP contribution in [0, 0.1) is 0 Å². The quantitative estimate of drug-likeness (QED) is 0.730. The molecule has 25 heavy (non-hydrogen) atoms. The van der Waals surface area contributed by atoms with Gasteiger partial charge < -0.3 is 9.84 Å². The third kappa shape index (κ3) is 3.27. The molecule has 0 saturated carbocycles. The highest BCUT2D eigenvalue weighted by atomic mass is 32.2. The van der Waals surface area contributed by atoms with Gasteiger partial charge in [-0.25, -0.2) is 13.2 Å². The standard InChI is InChI=1S/C18H15NO5S/c1-24-16-8-4-5-9-17(16)25(22,23)19-15-11-13-7-3-2-6-12(13)10-14(15)18(20)21/h2-11,19H,1H3,(H,20,21). The number of methoxy groups -OCH3 is 1. The fourth-order valence-electron chi connectivity index (χ4n) is 2.54. The second-order valence-corrected chi connectivity index (χ2v) is 6.96. The number of hydrogen-bond acceptors (Lipinski definition) is 4. The van der Waals surface area contributed by atoms with E-state index in [1.807, 2.05) is 0 Å². The van der Waals surface area contributed by atoms with Crippen LogP contribution in [0.2, 0.25) is 0 Å². The zero-order valence-electron chi connectivity index (χ0n) is 13.3. The lowest BCUT2D eigenvalue weighted by Gasteiger charge is -2.14. The first-order valence-corrected chi connectivity index (χ1v) is 8.82. The van der Waals surface area contributed by atoms with Crippen molar-refractivity contribution in [2.75, 3.05) is 11.8 Å². The van der Waals surface area contributed by atoms with E-state index in [4.69, 9.17) is 4.74 Å². The minimum Gasteiger partial charge on any atom is -0.495 e. The summed E-state index contributed by atoms with van der Waals surface area (Å²) in [4.78, 5) is 11.5. The largest absolute Gasteiger partial charge is 0.495 e. The van der Waals surface area contributed by atoms with Gasteiger partial charge >= 0.3 is 5.97 Å². The molecule has 0 spiro atoms. The summed E-state index contributed by atoms with van der Waals surface area (Å²) in [5.41, 5.74) is -0.130. The van der Waals surface area contributed by atoms with Crippen molar-refractivity contribution in [1.82, 2.24) is 0 Å². The predicted octanol–water partition coefficient (Wildman–Crippen LogP) is 3.35. The number of carboxylic acid groups (broad SMARTS) is 1.